The lowest BCUT2D eigenvalue weighted by molar-refractivity contribution is -0.139. The molecule has 1 heterocycles. The third-order valence-corrected chi connectivity index (χ3v) is 5.54. The summed E-state index contributed by atoms with van der Waals surface area (Å²) in [6.45, 7) is 0.284. The first kappa shape index (κ1) is 20.8. The average molecular weight is 436 g/mol. The minimum Gasteiger partial charge on any atom is -0.507 e. The van der Waals surface area contributed by atoms with Crippen LogP contribution in [0.3, 0.4) is 0 Å². The predicted molar refractivity (Wildman–Crippen MR) is 117 cm³/mol. The van der Waals surface area contributed by atoms with Crippen molar-refractivity contribution in [2.75, 3.05) is 6.54 Å². The SMILES string of the molecule is O=C1C(=O)N(CCc2ccccc2)C(c2cccc(Cl)c2)/C1=C(\O)c1ccc(F)cc1. The van der Waals surface area contributed by atoms with Crippen LogP contribution in [0, 0.1) is 5.82 Å². The second kappa shape index (κ2) is 8.74. The quantitative estimate of drug-likeness (QED) is 0.343. The van der Waals surface area contributed by atoms with Gasteiger partial charge in [-0.15, -0.1) is 0 Å². The molecule has 4 rings (SSSR count). The van der Waals surface area contributed by atoms with Gasteiger partial charge < -0.3 is 10.0 Å². The monoisotopic (exact) mass is 435 g/mol. The van der Waals surface area contributed by atoms with Gasteiger partial charge in [0.15, 0.2) is 0 Å². The molecule has 1 fully saturated rings. The molecule has 6 heteroatoms. The summed E-state index contributed by atoms with van der Waals surface area (Å²) in [5, 5.41) is 11.4. The predicted octanol–water partition coefficient (Wildman–Crippen LogP) is 5.14. The zero-order chi connectivity index (χ0) is 22.0. The summed E-state index contributed by atoms with van der Waals surface area (Å²) in [7, 11) is 0. The number of halogens is 2. The molecule has 1 unspecified atom stereocenters. The average Bonchev–Trinajstić information content (AvgIpc) is 3.03. The van der Waals surface area contributed by atoms with Crippen LogP contribution in [-0.4, -0.2) is 28.2 Å². The Morgan fingerprint density at radius 1 is 0.968 bits per heavy atom. The molecule has 3 aromatic carbocycles. The number of amides is 1. The molecule has 0 saturated carbocycles. The second-order valence-corrected chi connectivity index (χ2v) is 7.73. The molecule has 0 bridgehead atoms. The number of rotatable bonds is 5. The Balaban J connectivity index is 1.79. The smallest absolute Gasteiger partial charge is 0.295 e. The van der Waals surface area contributed by atoms with Crippen LogP contribution in [0.5, 0.6) is 0 Å². The van der Waals surface area contributed by atoms with Crippen molar-refractivity contribution in [3.8, 4) is 0 Å². The van der Waals surface area contributed by atoms with Gasteiger partial charge in [0.25, 0.3) is 11.7 Å². The number of likely N-dealkylation sites (tertiary alicyclic amines) is 1. The van der Waals surface area contributed by atoms with Crippen molar-refractivity contribution < 1.29 is 19.1 Å². The number of nitrogens with zero attached hydrogens (tertiary/aromatic N) is 1. The molecular weight excluding hydrogens is 417 g/mol. The largest absolute Gasteiger partial charge is 0.507 e. The maximum Gasteiger partial charge on any atom is 0.295 e. The van der Waals surface area contributed by atoms with E-state index in [0.717, 1.165) is 5.56 Å². The first-order valence-corrected chi connectivity index (χ1v) is 10.2. The fourth-order valence-electron chi connectivity index (χ4n) is 3.79. The highest BCUT2D eigenvalue weighted by atomic mass is 35.5. The number of aliphatic hydroxyl groups is 1. The summed E-state index contributed by atoms with van der Waals surface area (Å²) >= 11 is 6.17. The highest BCUT2D eigenvalue weighted by Crippen LogP contribution is 2.40. The molecule has 0 aliphatic carbocycles. The third kappa shape index (κ3) is 4.23. The number of hydrogen-bond acceptors (Lipinski definition) is 3. The van der Waals surface area contributed by atoms with Crippen molar-refractivity contribution >= 4 is 29.1 Å². The summed E-state index contributed by atoms with van der Waals surface area (Å²) in [6.07, 6.45) is 0.543. The normalized spacial score (nSPS) is 17.9. The van der Waals surface area contributed by atoms with Crippen molar-refractivity contribution in [1.29, 1.82) is 0 Å². The molecule has 1 atom stereocenters. The van der Waals surface area contributed by atoms with Gasteiger partial charge in [-0.05, 0) is 53.9 Å². The van der Waals surface area contributed by atoms with E-state index in [2.05, 4.69) is 0 Å². The minimum atomic E-state index is -0.799. The second-order valence-electron chi connectivity index (χ2n) is 7.29. The van der Waals surface area contributed by atoms with E-state index in [-0.39, 0.29) is 23.4 Å². The zero-order valence-electron chi connectivity index (χ0n) is 16.5. The van der Waals surface area contributed by atoms with E-state index in [9.17, 15) is 19.1 Å². The maximum absolute atomic E-state index is 13.3. The summed E-state index contributed by atoms with van der Waals surface area (Å²) in [5.74, 6) is -2.28. The van der Waals surface area contributed by atoms with Crippen molar-refractivity contribution in [3.05, 3.63) is 112 Å². The molecule has 156 valence electrons. The van der Waals surface area contributed by atoms with Crippen molar-refractivity contribution in [3.63, 3.8) is 0 Å². The topological polar surface area (TPSA) is 57.6 Å². The number of Topliss-reactive ketones (excluding diaryl/α,β-unsaturated/α-hetero) is 1. The zero-order valence-corrected chi connectivity index (χ0v) is 17.2. The Morgan fingerprint density at radius 2 is 1.68 bits per heavy atom. The van der Waals surface area contributed by atoms with Gasteiger partial charge in [0.2, 0.25) is 0 Å². The number of carbonyl (C=O) groups excluding carboxylic acids is 2. The van der Waals surface area contributed by atoms with Gasteiger partial charge in [0, 0.05) is 17.1 Å². The fraction of sp³-hybridized carbons (Fsp3) is 0.120. The molecule has 0 radical (unpaired) electrons. The first-order chi connectivity index (χ1) is 15.0. The van der Waals surface area contributed by atoms with Gasteiger partial charge in [-0.1, -0.05) is 54.1 Å². The molecule has 1 amide bonds. The van der Waals surface area contributed by atoms with Gasteiger partial charge in [0.1, 0.15) is 11.6 Å². The van der Waals surface area contributed by atoms with E-state index in [4.69, 9.17) is 11.6 Å². The van der Waals surface area contributed by atoms with Crippen LogP contribution in [-0.2, 0) is 16.0 Å². The number of aliphatic hydroxyl groups excluding tert-OH is 1. The van der Waals surface area contributed by atoms with Crippen LogP contribution in [0.15, 0.2) is 84.4 Å². The Bertz CT molecular complexity index is 1160. The van der Waals surface area contributed by atoms with Crippen LogP contribution >= 0.6 is 11.6 Å². The van der Waals surface area contributed by atoms with Crippen molar-refractivity contribution in [2.24, 2.45) is 0 Å². The van der Waals surface area contributed by atoms with Gasteiger partial charge in [-0.2, -0.15) is 0 Å². The van der Waals surface area contributed by atoms with Gasteiger partial charge >= 0.3 is 0 Å². The standard InChI is InChI=1S/C25H19ClFNO3/c26-19-8-4-7-18(15-19)22-21(23(29)17-9-11-20(27)12-10-17)24(30)25(31)28(22)14-13-16-5-2-1-3-6-16/h1-12,15,22,29H,13-14H2/b23-21+. The Hall–Kier alpha value is -3.44. The Kier molecular flexibility index (Phi) is 5.87. The molecule has 0 aromatic heterocycles. The van der Waals surface area contributed by atoms with Crippen LogP contribution < -0.4 is 0 Å². The Morgan fingerprint density at radius 3 is 2.35 bits per heavy atom. The number of benzene rings is 3. The van der Waals surface area contributed by atoms with E-state index in [0.29, 0.717) is 17.0 Å². The molecular formula is C25H19ClFNO3. The number of carbonyl (C=O) groups is 2. The van der Waals surface area contributed by atoms with E-state index in [1.165, 1.54) is 29.2 Å². The van der Waals surface area contributed by atoms with Crippen LogP contribution in [0.1, 0.15) is 22.7 Å². The summed E-state index contributed by atoms with van der Waals surface area (Å²) in [5.41, 5.74) is 1.86. The first-order valence-electron chi connectivity index (χ1n) is 9.79. The molecule has 31 heavy (non-hydrogen) atoms. The van der Waals surface area contributed by atoms with E-state index in [1.54, 1.807) is 24.3 Å². The molecule has 1 N–H and O–H groups in total. The van der Waals surface area contributed by atoms with Crippen LogP contribution in [0.4, 0.5) is 4.39 Å². The Labute approximate surface area is 184 Å². The molecule has 4 nitrogen and oxygen atoms in total. The van der Waals surface area contributed by atoms with E-state index >= 15 is 0 Å². The number of ketones is 1. The fourth-order valence-corrected chi connectivity index (χ4v) is 3.99. The molecule has 3 aromatic rings. The third-order valence-electron chi connectivity index (χ3n) is 5.31. The summed E-state index contributed by atoms with van der Waals surface area (Å²) in [6, 6.07) is 20.8. The molecule has 0 spiro atoms. The molecule has 1 aliphatic rings. The molecule has 1 saturated heterocycles. The highest BCUT2D eigenvalue weighted by Gasteiger charge is 2.45. The lowest BCUT2D eigenvalue weighted by atomic mass is 9.95. The summed E-state index contributed by atoms with van der Waals surface area (Å²) < 4.78 is 13.3. The van der Waals surface area contributed by atoms with Crippen LogP contribution in [0.2, 0.25) is 5.02 Å². The molecule has 1 aliphatic heterocycles. The number of hydrogen-bond donors (Lipinski definition) is 1. The van der Waals surface area contributed by atoms with Gasteiger partial charge in [-0.3, -0.25) is 9.59 Å². The minimum absolute atomic E-state index is 0.0352. The van der Waals surface area contributed by atoms with E-state index in [1.807, 2.05) is 30.3 Å². The highest BCUT2D eigenvalue weighted by molar-refractivity contribution is 6.46. The summed E-state index contributed by atoms with van der Waals surface area (Å²) in [4.78, 5) is 27.3. The van der Waals surface area contributed by atoms with Gasteiger partial charge in [0.05, 0.1) is 11.6 Å². The van der Waals surface area contributed by atoms with Crippen LogP contribution in [0.25, 0.3) is 5.76 Å². The maximum atomic E-state index is 13.3. The van der Waals surface area contributed by atoms with E-state index < -0.39 is 23.5 Å². The lowest BCUT2D eigenvalue weighted by Gasteiger charge is -2.25. The van der Waals surface area contributed by atoms with Crippen molar-refractivity contribution in [2.45, 2.75) is 12.5 Å². The van der Waals surface area contributed by atoms with Gasteiger partial charge in [-0.25, -0.2) is 4.39 Å². The lowest BCUT2D eigenvalue weighted by Crippen LogP contribution is -2.31. The van der Waals surface area contributed by atoms with Crippen molar-refractivity contribution in [1.82, 2.24) is 4.90 Å².